The number of aryl methyl sites for hydroxylation is 2. The van der Waals surface area contributed by atoms with Crippen molar-refractivity contribution in [2.45, 2.75) is 65.8 Å². The first-order valence-corrected chi connectivity index (χ1v) is 10.7. The smallest absolute Gasteiger partial charge is 0.0483 e. The molecule has 144 valence electrons. The highest BCUT2D eigenvalue weighted by atomic mass is 15.0. The van der Waals surface area contributed by atoms with Crippen LogP contribution in [0.25, 0.3) is 10.9 Å². The van der Waals surface area contributed by atoms with Crippen molar-refractivity contribution in [2.24, 2.45) is 11.8 Å². The highest BCUT2D eigenvalue weighted by Gasteiger charge is 2.11. The van der Waals surface area contributed by atoms with E-state index in [1.165, 1.54) is 60.6 Å². The van der Waals surface area contributed by atoms with E-state index in [0.717, 1.165) is 12.5 Å². The summed E-state index contributed by atoms with van der Waals surface area (Å²) >= 11 is 0. The van der Waals surface area contributed by atoms with Crippen LogP contribution in [0.3, 0.4) is 0 Å². The molecule has 0 fully saturated rings. The van der Waals surface area contributed by atoms with E-state index in [0.29, 0.717) is 5.92 Å². The fraction of sp³-hybridized carbons (Fsp3) is 0.462. The molecule has 0 aliphatic carbocycles. The van der Waals surface area contributed by atoms with Crippen LogP contribution < -0.4 is 0 Å². The second kappa shape index (κ2) is 9.78. The molecule has 1 heterocycles. The van der Waals surface area contributed by atoms with Crippen LogP contribution in [0.5, 0.6) is 0 Å². The van der Waals surface area contributed by atoms with E-state index in [1.54, 1.807) is 0 Å². The van der Waals surface area contributed by atoms with Crippen LogP contribution in [0, 0.1) is 11.8 Å². The largest absolute Gasteiger partial charge is 0.347 e. The van der Waals surface area contributed by atoms with Crippen LogP contribution in [-0.4, -0.2) is 4.57 Å². The summed E-state index contributed by atoms with van der Waals surface area (Å²) in [6.07, 6.45) is 9.98. The maximum atomic E-state index is 2.51. The molecule has 27 heavy (non-hydrogen) atoms. The van der Waals surface area contributed by atoms with E-state index in [9.17, 15) is 0 Å². The molecule has 0 aliphatic rings. The van der Waals surface area contributed by atoms with Crippen LogP contribution in [0.4, 0.5) is 0 Å². The number of aromatic nitrogens is 1. The van der Waals surface area contributed by atoms with Gasteiger partial charge in [0.2, 0.25) is 0 Å². The fourth-order valence-corrected chi connectivity index (χ4v) is 4.10. The first kappa shape index (κ1) is 19.7. The van der Waals surface area contributed by atoms with Crippen molar-refractivity contribution in [1.29, 1.82) is 0 Å². The Morgan fingerprint density at radius 3 is 2.26 bits per heavy atom. The number of fused-ring (bicyclic) bond motifs is 1. The number of nitrogens with zero attached hydrogens (tertiary/aromatic N) is 1. The number of rotatable bonds is 10. The number of para-hydroxylation sites is 1. The van der Waals surface area contributed by atoms with E-state index < -0.39 is 0 Å². The third-order valence-corrected chi connectivity index (χ3v) is 5.61. The Labute approximate surface area is 165 Å². The van der Waals surface area contributed by atoms with E-state index in [-0.39, 0.29) is 0 Å². The molecule has 2 aromatic carbocycles. The quantitative estimate of drug-likeness (QED) is 0.357. The van der Waals surface area contributed by atoms with Crippen LogP contribution in [0.1, 0.15) is 57.6 Å². The Balaban J connectivity index is 1.60. The van der Waals surface area contributed by atoms with E-state index in [4.69, 9.17) is 0 Å². The van der Waals surface area contributed by atoms with Gasteiger partial charge in [-0.2, -0.15) is 0 Å². The third-order valence-electron chi connectivity index (χ3n) is 5.61. The van der Waals surface area contributed by atoms with Crippen molar-refractivity contribution >= 4 is 10.9 Å². The van der Waals surface area contributed by atoms with Gasteiger partial charge in [0.05, 0.1) is 0 Å². The Morgan fingerprint density at radius 1 is 0.778 bits per heavy atom. The minimum Gasteiger partial charge on any atom is -0.347 e. The van der Waals surface area contributed by atoms with Crippen LogP contribution in [0.15, 0.2) is 60.8 Å². The van der Waals surface area contributed by atoms with Gasteiger partial charge in [-0.05, 0) is 61.1 Å². The van der Waals surface area contributed by atoms with Crippen molar-refractivity contribution in [3.8, 4) is 0 Å². The first-order valence-electron chi connectivity index (χ1n) is 10.7. The summed E-state index contributed by atoms with van der Waals surface area (Å²) in [6.45, 7) is 8.17. The molecule has 1 nitrogen and oxygen atoms in total. The van der Waals surface area contributed by atoms with E-state index in [1.807, 2.05) is 0 Å². The first-order chi connectivity index (χ1) is 13.1. The molecule has 0 spiro atoms. The van der Waals surface area contributed by atoms with Crippen molar-refractivity contribution in [1.82, 2.24) is 4.57 Å². The molecule has 0 bridgehead atoms. The van der Waals surface area contributed by atoms with Gasteiger partial charge in [-0.3, -0.25) is 0 Å². The molecule has 1 aromatic heterocycles. The summed E-state index contributed by atoms with van der Waals surface area (Å²) in [6, 6.07) is 19.8. The number of hydrogen-bond acceptors (Lipinski definition) is 0. The molecule has 0 amide bonds. The lowest BCUT2D eigenvalue weighted by molar-refractivity contribution is 0.444. The molecular formula is C26H35N. The lowest BCUT2D eigenvalue weighted by atomic mass is 10.0. The second-order valence-electron chi connectivity index (χ2n) is 8.59. The van der Waals surface area contributed by atoms with Gasteiger partial charge in [0, 0.05) is 23.6 Å². The zero-order valence-corrected chi connectivity index (χ0v) is 17.3. The molecule has 1 atom stereocenters. The molecule has 1 unspecified atom stereocenters. The predicted molar refractivity (Wildman–Crippen MR) is 118 cm³/mol. The van der Waals surface area contributed by atoms with Gasteiger partial charge in [-0.25, -0.2) is 0 Å². The highest BCUT2D eigenvalue weighted by Crippen LogP contribution is 2.25. The zero-order valence-electron chi connectivity index (χ0n) is 17.3. The molecule has 3 aromatic rings. The van der Waals surface area contributed by atoms with Gasteiger partial charge in [-0.1, -0.05) is 75.7 Å². The molecule has 0 radical (unpaired) electrons. The SMILES string of the molecule is CC(C)CCCc1cn(CC(C)CCCc2ccccc2)c2ccccc12. The van der Waals surface area contributed by atoms with Gasteiger partial charge >= 0.3 is 0 Å². The maximum Gasteiger partial charge on any atom is 0.0483 e. The van der Waals surface area contributed by atoms with Crippen molar-refractivity contribution < 1.29 is 0 Å². The summed E-state index contributed by atoms with van der Waals surface area (Å²) < 4.78 is 2.51. The summed E-state index contributed by atoms with van der Waals surface area (Å²) in [5.41, 5.74) is 4.40. The Bertz CT molecular complexity index is 813. The summed E-state index contributed by atoms with van der Waals surface area (Å²) in [4.78, 5) is 0. The molecule has 0 aliphatic heterocycles. The van der Waals surface area contributed by atoms with Crippen LogP contribution >= 0.6 is 0 Å². The molecule has 0 saturated heterocycles. The molecule has 3 rings (SSSR count). The Morgan fingerprint density at radius 2 is 1.48 bits per heavy atom. The number of benzene rings is 2. The van der Waals surface area contributed by atoms with Gasteiger partial charge in [0.15, 0.2) is 0 Å². The molecule has 0 N–H and O–H groups in total. The lowest BCUT2D eigenvalue weighted by Gasteiger charge is -2.13. The maximum absolute atomic E-state index is 2.51. The topological polar surface area (TPSA) is 4.93 Å². The van der Waals surface area contributed by atoms with Crippen molar-refractivity contribution in [2.75, 3.05) is 0 Å². The lowest BCUT2D eigenvalue weighted by Crippen LogP contribution is -2.07. The number of hydrogen-bond donors (Lipinski definition) is 0. The minimum atomic E-state index is 0.702. The predicted octanol–water partition coefficient (Wildman–Crippen LogP) is 7.28. The monoisotopic (exact) mass is 361 g/mol. The van der Waals surface area contributed by atoms with Crippen molar-refractivity contribution in [3.05, 3.63) is 71.9 Å². The van der Waals surface area contributed by atoms with Gasteiger partial charge < -0.3 is 4.57 Å². The van der Waals surface area contributed by atoms with Crippen molar-refractivity contribution in [3.63, 3.8) is 0 Å². The summed E-state index contributed by atoms with van der Waals surface area (Å²) in [5, 5.41) is 1.46. The third kappa shape index (κ3) is 5.73. The highest BCUT2D eigenvalue weighted by molar-refractivity contribution is 5.84. The minimum absolute atomic E-state index is 0.702. The average Bonchev–Trinajstić information content (AvgIpc) is 3.00. The summed E-state index contributed by atoms with van der Waals surface area (Å²) in [5.74, 6) is 1.50. The van der Waals surface area contributed by atoms with Gasteiger partial charge in [-0.15, -0.1) is 0 Å². The van der Waals surface area contributed by atoms with Gasteiger partial charge in [0.25, 0.3) is 0 Å². The van der Waals surface area contributed by atoms with Crippen LogP contribution in [-0.2, 0) is 19.4 Å². The summed E-state index contributed by atoms with van der Waals surface area (Å²) in [7, 11) is 0. The fourth-order valence-electron chi connectivity index (χ4n) is 4.10. The normalized spacial score (nSPS) is 12.7. The van der Waals surface area contributed by atoms with E-state index >= 15 is 0 Å². The Kier molecular flexibility index (Phi) is 7.15. The molecule has 1 heteroatoms. The second-order valence-corrected chi connectivity index (χ2v) is 8.59. The van der Waals surface area contributed by atoms with Gasteiger partial charge in [0.1, 0.15) is 0 Å². The average molecular weight is 362 g/mol. The molecule has 0 saturated carbocycles. The molecular weight excluding hydrogens is 326 g/mol. The standard InChI is InChI=1S/C26H35N/c1-21(2)11-9-16-24-20-27(26-18-8-7-17-25(24)26)19-22(3)12-10-15-23-13-5-4-6-14-23/h4-8,13-14,17-18,20-22H,9-12,15-16,19H2,1-3H3. The van der Waals surface area contributed by atoms with E-state index in [2.05, 4.69) is 86.1 Å². The Hall–Kier alpha value is -2.02. The van der Waals surface area contributed by atoms with Crippen LogP contribution in [0.2, 0.25) is 0 Å². The zero-order chi connectivity index (χ0) is 19.1.